The SMILES string of the molecule is CCONC(=O)C1CC2CCCCC2N1. The number of rotatable bonds is 3. The molecule has 86 valence electrons. The van der Waals surface area contributed by atoms with E-state index in [2.05, 4.69) is 10.8 Å². The summed E-state index contributed by atoms with van der Waals surface area (Å²) < 4.78 is 0. The molecule has 1 aliphatic carbocycles. The van der Waals surface area contributed by atoms with Crippen molar-refractivity contribution in [2.24, 2.45) is 5.92 Å². The van der Waals surface area contributed by atoms with E-state index >= 15 is 0 Å². The number of amides is 1. The quantitative estimate of drug-likeness (QED) is 0.685. The van der Waals surface area contributed by atoms with Crippen molar-refractivity contribution in [3.8, 4) is 0 Å². The molecule has 0 aromatic carbocycles. The number of hydrogen-bond acceptors (Lipinski definition) is 3. The van der Waals surface area contributed by atoms with Gasteiger partial charge in [0.2, 0.25) is 0 Å². The van der Waals surface area contributed by atoms with Crippen LogP contribution in [0.15, 0.2) is 0 Å². The minimum atomic E-state index is -0.0374. The first-order valence-corrected chi connectivity index (χ1v) is 5.99. The Hall–Kier alpha value is -0.610. The van der Waals surface area contributed by atoms with Crippen LogP contribution < -0.4 is 10.8 Å². The van der Waals surface area contributed by atoms with Gasteiger partial charge in [-0.25, -0.2) is 5.48 Å². The molecule has 1 amide bonds. The number of carbonyl (C=O) groups excluding carboxylic acids is 1. The zero-order valence-corrected chi connectivity index (χ0v) is 9.29. The molecule has 0 radical (unpaired) electrons. The lowest BCUT2D eigenvalue weighted by Crippen LogP contribution is -2.43. The lowest BCUT2D eigenvalue weighted by atomic mass is 9.85. The molecule has 1 aliphatic heterocycles. The molecule has 4 nitrogen and oxygen atoms in total. The standard InChI is InChI=1S/C11H20N2O2/c1-2-15-13-11(14)10-7-8-5-3-4-6-9(8)12-10/h8-10,12H,2-7H2,1H3,(H,13,14). The van der Waals surface area contributed by atoms with E-state index in [-0.39, 0.29) is 11.9 Å². The van der Waals surface area contributed by atoms with Gasteiger partial charge in [0.1, 0.15) is 0 Å². The molecule has 2 N–H and O–H groups in total. The van der Waals surface area contributed by atoms with Crippen LogP contribution in [0, 0.1) is 5.92 Å². The fourth-order valence-electron chi connectivity index (χ4n) is 2.74. The fraction of sp³-hybridized carbons (Fsp3) is 0.909. The van der Waals surface area contributed by atoms with Crippen molar-refractivity contribution in [1.29, 1.82) is 0 Å². The minimum Gasteiger partial charge on any atom is -0.303 e. The van der Waals surface area contributed by atoms with Gasteiger partial charge in [-0.15, -0.1) is 0 Å². The molecule has 15 heavy (non-hydrogen) atoms. The van der Waals surface area contributed by atoms with Crippen LogP contribution in [-0.4, -0.2) is 24.6 Å². The summed E-state index contributed by atoms with van der Waals surface area (Å²) in [5, 5.41) is 3.41. The average molecular weight is 212 g/mol. The van der Waals surface area contributed by atoms with Gasteiger partial charge in [0.05, 0.1) is 12.6 Å². The second kappa shape index (κ2) is 4.94. The van der Waals surface area contributed by atoms with Crippen LogP contribution in [0.3, 0.4) is 0 Å². The van der Waals surface area contributed by atoms with Crippen molar-refractivity contribution in [3.05, 3.63) is 0 Å². The lowest BCUT2D eigenvalue weighted by molar-refractivity contribution is -0.135. The molecular formula is C11H20N2O2. The van der Waals surface area contributed by atoms with E-state index in [0.717, 1.165) is 6.42 Å². The van der Waals surface area contributed by atoms with Crippen molar-refractivity contribution in [3.63, 3.8) is 0 Å². The maximum Gasteiger partial charge on any atom is 0.260 e. The summed E-state index contributed by atoms with van der Waals surface area (Å²) in [6.07, 6.45) is 6.10. The summed E-state index contributed by atoms with van der Waals surface area (Å²) in [5.74, 6) is 0.697. The third kappa shape index (κ3) is 2.49. The highest BCUT2D eigenvalue weighted by molar-refractivity contribution is 5.81. The van der Waals surface area contributed by atoms with Crippen molar-refractivity contribution in [2.45, 2.75) is 51.1 Å². The Kier molecular flexibility index (Phi) is 3.59. The molecule has 0 spiro atoms. The zero-order chi connectivity index (χ0) is 10.7. The van der Waals surface area contributed by atoms with Crippen LogP contribution in [0.4, 0.5) is 0 Å². The van der Waals surface area contributed by atoms with Crippen molar-refractivity contribution < 1.29 is 9.63 Å². The third-order valence-electron chi connectivity index (χ3n) is 3.50. The fourth-order valence-corrected chi connectivity index (χ4v) is 2.74. The topological polar surface area (TPSA) is 50.4 Å². The number of carbonyl (C=O) groups is 1. The Morgan fingerprint density at radius 3 is 3.00 bits per heavy atom. The molecule has 2 fully saturated rings. The number of hydrogen-bond donors (Lipinski definition) is 2. The summed E-state index contributed by atoms with van der Waals surface area (Å²) in [5.41, 5.74) is 2.48. The number of nitrogens with one attached hydrogen (secondary N) is 2. The predicted octanol–water partition coefficient (Wildman–Crippen LogP) is 0.975. The van der Waals surface area contributed by atoms with Crippen LogP contribution in [0.2, 0.25) is 0 Å². The van der Waals surface area contributed by atoms with Gasteiger partial charge < -0.3 is 5.32 Å². The molecule has 4 heteroatoms. The highest BCUT2D eigenvalue weighted by Crippen LogP contribution is 2.33. The molecule has 3 unspecified atom stereocenters. The molecule has 1 saturated heterocycles. The van der Waals surface area contributed by atoms with E-state index in [1.807, 2.05) is 6.92 Å². The van der Waals surface area contributed by atoms with Gasteiger partial charge in [-0.3, -0.25) is 9.63 Å². The van der Waals surface area contributed by atoms with Crippen molar-refractivity contribution in [1.82, 2.24) is 10.8 Å². The summed E-state index contributed by atoms with van der Waals surface area (Å²) in [7, 11) is 0. The first kappa shape index (κ1) is 10.9. The Bertz CT molecular complexity index is 219. The van der Waals surface area contributed by atoms with E-state index in [1.54, 1.807) is 0 Å². The first-order chi connectivity index (χ1) is 7.31. The Morgan fingerprint density at radius 1 is 1.47 bits per heavy atom. The number of fused-ring (bicyclic) bond motifs is 1. The minimum absolute atomic E-state index is 0.00810. The van der Waals surface area contributed by atoms with Gasteiger partial charge >= 0.3 is 0 Å². The highest BCUT2D eigenvalue weighted by Gasteiger charge is 2.38. The third-order valence-corrected chi connectivity index (χ3v) is 3.50. The second-order valence-corrected chi connectivity index (χ2v) is 4.51. The van der Waals surface area contributed by atoms with Gasteiger partial charge in [0.15, 0.2) is 0 Å². The lowest BCUT2D eigenvalue weighted by Gasteiger charge is -2.24. The molecular weight excluding hydrogens is 192 g/mol. The maximum atomic E-state index is 11.6. The van der Waals surface area contributed by atoms with E-state index < -0.39 is 0 Å². The van der Waals surface area contributed by atoms with Crippen LogP contribution in [0.25, 0.3) is 0 Å². The number of hydroxylamine groups is 1. The van der Waals surface area contributed by atoms with E-state index in [1.165, 1.54) is 25.7 Å². The van der Waals surface area contributed by atoms with Crippen LogP contribution in [-0.2, 0) is 9.63 Å². The smallest absolute Gasteiger partial charge is 0.260 e. The van der Waals surface area contributed by atoms with Gasteiger partial charge in [0.25, 0.3) is 5.91 Å². The monoisotopic (exact) mass is 212 g/mol. The predicted molar refractivity (Wildman–Crippen MR) is 57.1 cm³/mol. The average Bonchev–Trinajstić information content (AvgIpc) is 2.69. The molecule has 1 heterocycles. The molecule has 1 saturated carbocycles. The molecule has 0 aromatic rings. The summed E-state index contributed by atoms with van der Waals surface area (Å²) in [6.45, 7) is 2.38. The van der Waals surface area contributed by atoms with E-state index in [0.29, 0.717) is 18.6 Å². The summed E-state index contributed by atoms with van der Waals surface area (Å²) in [4.78, 5) is 16.6. The molecule has 0 aromatic heterocycles. The molecule has 2 rings (SSSR count). The first-order valence-electron chi connectivity index (χ1n) is 5.99. The summed E-state index contributed by atoms with van der Waals surface area (Å²) in [6, 6.07) is 0.528. The van der Waals surface area contributed by atoms with Gasteiger partial charge in [-0.05, 0) is 32.1 Å². The van der Waals surface area contributed by atoms with E-state index in [4.69, 9.17) is 4.84 Å². The van der Waals surface area contributed by atoms with Gasteiger partial charge in [-0.1, -0.05) is 12.8 Å². The highest BCUT2D eigenvalue weighted by atomic mass is 16.6. The van der Waals surface area contributed by atoms with E-state index in [9.17, 15) is 4.79 Å². The Morgan fingerprint density at radius 2 is 2.27 bits per heavy atom. The molecule has 0 bridgehead atoms. The maximum absolute atomic E-state index is 11.6. The van der Waals surface area contributed by atoms with Crippen LogP contribution in [0.1, 0.15) is 39.0 Å². The van der Waals surface area contributed by atoms with Gasteiger partial charge in [-0.2, -0.15) is 0 Å². The molecule has 2 aliphatic rings. The zero-order valence-electron chi connectivity index (χ0n) is 9.29. The van der Waals surface area contributed by atoms with Gasteiger partial charge in [0, 0.05) is 6.04 Å². The Labute approximate surface area is 90.7 Å². The normalized spacial score (nSPS) is 34.9. The van der Waals surface area contributed by atoms with Crippen molar-refractivity contribution >= 4 is 5.91 Å². The second-order valence-electron chi connectivity index (χ2n) is 4.51. The van der Waals surface area contributed by atoms with Crippen molar-refractivity contribution in [2.75, 3.05) is 6.61 Å². The van der Waals surface area contributed by atoms with Crippen LogP contribution >= 0.6 is 0 Å². The van der Waals surface area contributed by atoms with Crippen LogP contribution in [0.5, 0.6) is 0 Å². The largest absolute Gasteiger partial charge is 0.303 e. The Balaban J connectivity index is 1.82. The summed E-state index contributed by atoms with van der Waals surface area (Å²) >= 11 is 0. The molecule has 3 atom stereocenters.